The van der Waals surface area contributed by atoms with Crippen LogP contribution in [0.25, 0.3) is 0 Å². The van der Waals surface area contributed by atoms with Crippen molar-refractivity contribution in [3.8, 4) is 0 Å². The van der Waals surface area contributed by atoms with Crippen LogP contribution in [0.2, 0.25) is 0 Å². The van der Waals surface area contributed by atoms with Gasteiger partial charge >= 0.3 is 12.0 Å². The first kappa shape index (κ1) is 17.1. The van der Waals surface area contributed by atoms with Gasteiger partial charge in [0.25, 0.3) is 0 Å². The molecule has 0 aromatic rings. The highest BCUT2D eigenvalue weighted by Crippen LogP contribution is 2.20. The Morgan fingerprint density at radius 1 is 1.55 bits per heavy atom. The molecule has 2 atom stereocenters. The Morgan fingerprint density at radius 3 is 2.70 bits per heavy atom. The number of nitrogens with zero attached hydrogens (tertiary/aromatic N) is 1. The number of carboxylic acids is 1. The summed E-state index contributed by atoms with van der Waals surface area (Å²) in [4.78, 5) is 25.0. The molecule has 1 aliphatic rings. The lowest BCUT2D eigenvalue weighted by Crippen LogP contribution is -2.58. The number of ether oxygens (including phenoxy) is 1. The number of carboxylic acid groups (broad SMARTS) is 1. The Kier molecular flexibility index (Phi) is 6.13. The number of carbonyl (C=O) groups excluding carboxylic acids is 1. The predicted octanol–water partition coefficient (Wildman–Crippen LogP) is 1.40. The third-order valence-corrected chi connectivity index (χ3v) is 3.71. The van der Waals surface area contributed by atoms with E-state index in [0.29, 0.717) is 25.3 Å². The molecule has 116 valence electrons. The van der Waals surface area contributed by atoms with Crippen LogP contribution in [-0.2, 0) is 9.53 Å². The van der Waals surface area contributed by atoms with E-state index in [0.717, 1.165) is 0 Å². The van der Waals surface area contributed by atoms with Crippen LogP contribution < -0.4 is 5.32 Å². The Morgan fingerprint density at radius 2 is 2.20 bits per heavy atom. The van der Waals surface area contributed by atoms with E-state index in [1.54, 1.807) is 16.7 Å². The summed E-state index contributed by atoms with van der Waals surface area (Å²) < 4.78 is 5.73. The zero-order valence-corrected chi connectivity index (χ0v) is 13.3. The van der Waals surface area contributed by atoms with Gasteiger partial charge in [0.05, 0.1) is 18.2 Å². The van der Waals surface area contributed by atoms with Crippen LogP contribution in [0.5, 0.6) is 0 Å². The molecule has 6 nitrogen and oxygen atoms in total. The van der Waals surface area contributed by atoms with Crippen molar-refractivity contribution in [1.29, 1.82) is 0 Å². The summed E-state index contributed by atoms with van der Waals surface area (Å²) >= 11 is 1.56. The largest absolute Gasteiger partial charge is 0.480 e. The number of hydrogen-bond donors (Lipinski definition) is 2. The van der Waals surface area contributed by atoms with Crippen LogP contribution in [0, 0.1) is 0 Å². The fraction of sp³-hybridized carbons (Fsp3) is 0.846. The Labute approximate surface area is 124 Å². The van der Waals surface area contributed by atoms with Crippen molar-refractivity contribution in [2.24, 2.45) is 0 Å². The first-order valence-corrected chi connectivity index (χ1v) is 8.09. The van der Waals surface area contributed by atoms with Crippen molar-refractivity contribution in [3.05, 3.63) is 0 Å². The van der Waals surface area contributed by atoms with Gasteiger partial charge in [-0.25, -0.2) is 9.59 Å². The van der Waals surface area contributed by atoms with Gasteiger partial charge < -0.3 is 20.1 Å². The fourth-order valence-corrected chi connectivity index (χ4v) is 2.81. The molecular formula is C13H24N2O4S. The minimum Gasteiger partial charge on any atom is -0.480 e. The van der Waals surface area contributed by atoms with Crippen molar-refractivity contribution in [3.63, 3.8) is 0 Å². The number of urea groups is 1. The highest BCUT2D eigenvalue weighted by molar-refractivity contribution is 7.98. The van der Waals surface area contributed by atoms with Crippen molar-refractivity contribution in [2.75, 3.05) is 25.1 Å². The molecule has 0 spiro atoms. The van der Waals surface area contributed by atoms with Gasteiger partial charge in [0, 0.05) is 6.54 Å². The summed E-state index contributed by atoms with van der Waals surface area (Å²) in [5.74, 6) is -0.296. The number of hydrogen-bond acceptors (Lipinski definition) is 4. The van der Waals surface area contributed by atoms with Gasteiger partial charge in [-0.3, -0.25) is 0 Å². The van der Waals surface area contributed by atoms with Crippen LogP contribution >= 0.6 is 11.8 Å². The minimum atomic E-state index is -0.993. The zero-order chi connectivity index (χ0) is 15.3. The number of morpholine rings is 1. The lowest BCUT2D eigenvalue weighted by Gasteiger charge is -2.41. The van der Waals surface area contributed by atoms with E-state index in [-0.39, 0.29) is 12.1 Å². The van der Waals surface area contributed by atoms with Crippen LogP contribution in [0.15, 0.2) is 0 Å². The number of amides is 2. The van der Waals surface area contributed by atoms with Crippen LogP contribution in [0.4, 0.5) is 4.79 Å². The quantitative estimate of drug-likeness (QED) is 0.802. The number of thioether (sulfide) groups is 1. The maximum absolute atomic E-state index is 12.2. The summed E-state index contributed by atoms with van der Waals surface area (Å²) in [6, 6.07) is -1.17. The van der Waals surface area contributed by atoms with Gasteiger partial charge in [-0.2, -0.15) is 11.8 Å². The smallest absolute Gasteiger partial charge is 0.326 e. The molecule has 0 bridgehead atoms. The van der Waals surface area contributed by atoms with Gasteiger partial charge in [-0.15, -0.1) is 0 Å². The van der Waals surface area contributed by atoms with Crippen molar-refractivity contribution >= 4 is 23.8 Å². The summed E-state index contributed by atoms with van der Waals surface area (Å²) in [7, 11) is 0. The molecule has 1 heterocycles. The molecule has 0 saturated carbocycles. The normalized spacial score (nSPS) is 23.2. The van der Waals surface area contributed by atoms with Gasteiger partial charge in [0.2, 0.25) is 0 Å². The molecule has 1 saturated heterocycles. The lowest BCUT2D eigenvalue weighted by atomic mass is 10.1. The molecule has 0 radical (unpaired) electrons. The van der Waals surface area contributed by atoms with Crippen molar-refractivity contribution < 1.29 is 19.4 Å². The van der Waals surface area contributed by atoms with Crippen LogP contribution in [0.3, 0.4) is 0 Å². The van der Waals surface area contributed by atoms with E-state index >= 15 is 0 Å². The molecule has 20 heavy (non-hydrogen) atoms. The molecule has 1 fully saturated rings. The van der Waals surface area contributed by atoms with E-state index in [1.165, 1.54) is 0 Å². The molecule has 0 aliphatic carbocycles. The van der Waals surface area contributed by atoms with E-state index in [2.05, 4.69) is 5.32 Å². The third kappa shape index (κ3) is 5.20. The first-order chi connectivity index (χ1) is 9.25. The first-order valence-electron chi connectivity index (χ1n) is 6.70. The molecule has 0 aromatic heterocycles. The maximum atomic E-state index is 12.2. The second kappa shape index (κ2) is 7.17. The summed E-state index contributed by atoms with van der Waals surface area (Å²) in [5.41, 5.74) is -0.410. The Balaban J connectivity index is 2.61. The van der Waals surface area contributed by atoms with E-state index in [1.807, 2.05) is 27.0 Å². The zero-order valence-electron chi connectivity index (χ0n) is 12.5. The summed E-state index contributed by atoms with van der Waals surface area (Å²) in [5, 5.41) is 11.7. The highest BCUT2D eigenvalue weighted by Gasteiger charge is 2.34. The second-order valence-electron chi connectivity index (χ2n) is 5.69. The topological polar surface area (TPSA) is 78.9 Å². The number of rotatable bonds is 5. The van der Waals surface area contributed by atoms with Crippen molar-refractivity contribution in [1.82, 2.24) is 10.2 Å². The SMILES string of the molecule is CSCCC(NC(=O)N1CC(C)OC(C)(C)C1)C(=O)O. The average molecular weight is 304 g/mol. The monoisotopic (exact) mass is 304 g/mol. The number of carbonyl (C=O) groups is 2. The van der Waals surface area contributed by atoms with Gasteiger partial charge in [0.1, 0.15) is 6.04 Å². The van der Waals surface area contributed by atoms with Gasteiger partial charge in [0.15, 0.2) is 0 Å². The number of aliphatic carboxylic acids is 1. The molecule has 1 rings (SSSR count). The molecule has 1 aliphatic heterocycles. The molecular weight excluding hydrogens is 280 g/mol. The van der Waals surface area contributed by atoms with Gasteiger partial charge in [-0.1, -0.05) is 0 Å². The lowest BCUT2D eigenvalue weighted by molar-refractivity contribution is -0.139. The summed E-state index contributed by atoms with van der Waals surface area (Å²) in [6.07, 6.45) is 2.28. The highest BCUT2D eigenvalue weighted by atomic mass is 32.2. The molecule has 2 amide bonds. The molecule has 0 aromatic carbocycles. The predicted molar refractivity (Wildman–Crippen MR) is 79.2 cm³/mol. The molecule has 7 heteroatoms. The van der Waals surface area contributed by atoms with Crippen LogP contribution in [0.1, 0.15) is 27.2 Å². The molecule has 2 unspecified atom stereocenters. The average Bonchev–Trinajstić information content (AvgIpc) is 2.31. The third-order valence-electron chi connectivity index (χ3n) is 3.06. The van der Waals surface area contributed by atoms with Gasteiger partial charge in [-0.05, 0) is 39.2 Å². The van der Waals surface area contributed by atoms with E-state index in [9.17, 15) is 9.59 Å². The van der Waals surface area contributed by atoms with E-state index in [4.69, 9.17) is 9.84 Å². The Hall–Kier alpha value is -0.950. The van der Waals surface area contributed by atoms with Crippen LogP contribution in [-0.4, -0.2) is 64.9 Å². The maximum Gasteiger partial charge on any atom is 0.326 e. The number of nitrogens with one attached hydrogen (secondary N) is 1. The minimum absolute atomic E-state index is 0.0565. The fourth-order valence-electron chi connectivity index (χ4n) is 2.34. The summed E-state index contributed by atoms with van der Waals surface area (Å²) in [6.45, 7) is 6.68. The van der Waals surface area contributed by atoms with E-state index < -0.39 is 17.6 Å². The van der Waals surface area contributed by atoms with Crippen molar-refractivity contribution in [2.45, 2.75) is 44.9 Å². The molecule has 2 N–H and O–H groups in total. The second-order valence-corrected chi connectivity index (χ2v) is 6.68. The standard InChI is InChI=1S/C13H24N2O4S/c1-9-7-15(8-13(2,3)19-9)12(18)14-10(11(16)17)5-6-20-4/h9-10H,5-8H2,1-4H3,(H,14,18)(H,16,17). The Bertz CT molecular complexity index is 362.